The summed E-state index contributed by atoms with van der Waals surface area (Å²) in [7, 11) is 0. The summed E-state index contributed by atoms with van der Waals surface area (Å²) < 4.78 is 0. The number of allylic oxidation sites excluding steroid dienone is 2. The average molecular weight is 226 g/mol. The van der Waals surface area contributed by atoms with E-state index in [1.807, 2.05) is 18.2 Å². The molecule has 0 saturated heterocycles. The molecule has 4 rings (SSSR count). The van der Waals surface area contributed by atoms with Crippen molar-refractivity contribution < 1.29 is 4.79 Å². The van der Waals surface area contributed by atoms with Gasteiger partial charge in [-0.25, -0.2) is 0 Å². The van der Waals surface area contributed by atoms with Crippen LogP contribution in [0.15, 0.2) is 30.3 Å². The molecule has 1 fully saturated rings. The van der Waals surface area contributed by atoms with Gasteiger partial charge in [0.05, 0.1) is 0 Å². The Morgan fingerprint density at radius 2 is 2.06 bits per heavy atom. The summed E-state index contributed by atoms with van der Waals surface area (Å²) in [6.07, 6.45) is 5.80. The van der Waals surface area contributed by atoms with E-state index in [1.165, 1.54) is 18.4 Å². The molecule has 2 bridgehead atoms. The Morgan fingerprint density at radius 1 is 1.29 bits per heavy atom. The number of benzene rings is 1. The van der Waals surface area contributed by atoms with E-state index in [1.54, 1.807) is 0 Å². The molecule has 0 heterocycles. The van der Waals surface area contributed by atoms with E-state index < -0.39 is 0 Å². The lowest BCUT2D eigenvalue weighted by atomic mass is 9.48. The predicted molar refractivity (Wildman–Crippen MR) is 69.8 cm³/mol. The molecule has 0 aromatic heterocycles. The molecule has 1 aromatic rings. The van der Waals surface area contributed by atoms with Crippen LogP contribution in [0.25, 0.3) is 5.57 Å². The molecule has 0 N–H and O–H groups in total. The Bertz CT molecular complexity index is 496. The first-order valence-electron chi connectivity index (χ1n) is 6.39. The lowest BCUT2D eigenvalue weighted by molar-refractivity contribution is 0.0113. The largest absolute Gasteiger partial charge is 0.298 e. The number of aldehydes is 1. The summed E-state index contributed by atoms with van der Waals surface area (Å²) >= 11 is 0. The topological polar surface area (TPSA) is 17.1 Å². The normalized spacial score (nSPS) is 29.2. The highest BCUT2D eigenvalue weighted by molar-refractivity contribution is 5.86. The van der Waals surface area contributed by atoms with Gasteiger partial charge >= 0.3 is 0 Å². The molecule has 0 amide bonds. The molecule has 3 aliphatic carbocycles. The number of hydrogen-bond acceptors (Lipinski definition) is 1. The number of fused-ring (bicyclic) bond motifs is 1. The quantitative estimate of drug-likeness (QED) is 0.698. The molecule has 88 valence electrons. The van der Waals surface area contributed by atoms with Crippen molar-refractivity contribution in [3.63, 3.8) is 0 Å². The van der Waals surface area contributed by atoms with Crippen LogP contribution in [-0.2, 0) is 0 Å². The summed E-state index contributed by atoms with van der Waals surface area (Å²) in [4.78, 5) is 11.1. The van der Waals surface area contributed by atoms with Crippen molar-refractivity contribution in [2.75, 3.05) is 0 Å². The van der Waals surface area contributed by atoms with Gasteiger partial charge in [-0.15, -0.1) is 0 Å². The minimum Gasteiger partial charge on any atom is -0.298 e. The van der Waals surface area contributed by atoms with Gasteiger partial charge in [-0.3, -0.25) is 4.79 Å². The smallest absolute Gasteiger partial charge is 0.150 e. The number of hydrogen-bond donors (Lipinski definition) is 0. The zero-order valence-corrected chi connectivity index (χ0v) is 10.4. The second-order valence-corrected chi connectivity index (χ2v) is 5.91. The molecule has 0 radical (unpaired) electrons. The van der Waals surface area contributed by atoms with E-state index in [9.17, 15) is 4.79 Å². The SMILES string of the molecule is CC1(C)[C@H]2CC=C(c3ccccc3C=O)[C@@H]1C2. The lowest BCUT2D eigenvalue weighted by Gasteiger charge is -2.56. The second kappa shape index (κ2) is 3.56. The van der Waals surface area contributed by atoms with Crippen molar-refractivity contribution in [3.8, 4) is 0 Å². The van der Waals surface area contributed by atoms with Crippen LogP contribution in [-0.4, -0.2) is 6.29 Å². The van der Waals surface area contributed by atoms with Crippen LogP contribution in [0, 0.1) is 17.3 Å². The summed E-state index contributed by atoms with van der Waals surface area (Å²) in [5.74, 6) is 1.49. The van der Waals surface area contributed by atoms with Crippen LogP contribution in [0.3, 0.4) is 0 Å². The van der Waals surface area contributed by atoms with Crippen molar-refractivity contribution in [1.82, 2.24) is 0 Å². The highest BCUT2D eigenvalue weighted by Gasteiger charge is 2.51. The van der Waals surface area contributed by atoms with Gasteiger partial charge in [0.25, 0.3) is 0 Å². The fourth-order valence-corrected chi connectivity index (χ4v) is 3.52. The molecule has 3 aliphatic rings. The van der Waals surface area contributed by atoms with Crippen molar-refractivity contribution >= 4 is 11.9 Å². The van der Waals surface area contributed by atoms with Gasteiger partial charge in [-0.2, -0.15) is 0 Å². The van der Waals surface area contributed by atoms with E-state index >= 15 is 0 Å². The fraction of sp³-hybridized carbons (Fsp3) is 0.438. The van der Waals surface area contributed by atoms with Crippen LogP contribution in [0.2, 0.25) is 0 Å². The van der Waals surface area contributed by atoms with Gasteiger partial charge < -0.3 is 0 Å². The first-order chi connectivity index (χ1) is 8.14. The van der Waals surface area contributed by atoms with Crippen LogP contribution in [0.4, 0.5) is 0 Å². The highest BCUT2D eigenvalue weighted by atomic mass is 16.1. The van der Waals surface area contributed by atoms with Crippen LogP contribution in [0.5, 0.6) is 0 Å². The fourth-order valence-electron chi connectivity index (χ4n) is 3.52. The maximum Gasteiger partial charge on any atom is 0.150 e. The minimum absolute atomic E-state index is 0.417. The maximum atomic E-state index is 11.1. The number of carbonyl (C=O) groups is 1. The molecule has 0 aliphatic heterocycles. The monoisotopic (exact) mass is 226 g/mol. The van der Waals surface area contributed by atoms with Gasteiger partial charge in [-0.1, -0.05) is 44.2 Å². The molecule has 1 aromatic carbocycles. The van der Waals surface area contributed by atoms with Crippen molar-refractivity contribution in [1.29, 1.82) is 0 Å². The molecular formula is C16H18O. The Hall–Kier alpha value is -1.37. The van der Waals surface area contributed by atoms with E-state index in [2.05, 4.69) is 26.0 Å². The van der Waals surface area contributed by atoms with E-state index in [4.69, 9.17) is 0 Å². The lowest BCUT2D eigenvalue weighted by Crippen LogP contribution is -2.47. The zero-order chi connectivity index (χ0) is 12.0. The molecule has 0 spiro atoms. The van der Waals surface area contributed by atoms with Gasteiger partial charge in [0, 0.05) is 5.56 Å². The Balaban J connectivity index is 2.05. The Labute approximate surface area is 103 Å². The minimum atomic E-state index is 0.417. The first kappa shape index (κ1) is 10.8. The summed E-state index contributed by atoms with van der Waals surface area (Å²) in [5.41, 5.74) is 3.80. The molecule has 0 unspecified atom stereocenters. The predicted octanol–water partition coefficient (Wildman–Crippen LogP) is 3.95. The van der Waals surface area contributed by atoms with Gasteiger partial charge in [-0.05, 0) is 41.2 Å². The number of carbonyl (C=O) groups excluding carboxylic acids is 1. The molecule has 1 nitrogen and oxygen atoms in total. The van der Waals surface area contributed by atoms with Gasteiger partial charge in [0.1, 0.15) is 0 Å². The third-order valence-electron chi connectivity index (χ3n) is 4.87. The summed E-state index contributed by atoms with van der Waals surface area (Å²) in [6, 6.07) is 7.97. The van der Waals surface area contributed by atoms with Gasteiger partial charge in [0.15, 0.2) is 6.29 Å². The van der Waals surface area contributed by atoms with E-state index in [0.717, 1.165) is 23.3 Å². The van der Waals surface area contributed by atoms with E-state index in [0.29, 0.717) is 11.3 Å². The second-order valence-electron chi connectivity index (χ2n) is 5.91. The molecular weight excluding hydrogens is 208 g/mol. The Morgan fingerprint density at radius 3 is 2.71 bits per heavy atom. The zero-order valence-electron chi connectivity index (χ0n) is 10.4. The van der Waals surface area contributed by atoms with Crippen LogP contribution in [0.1, 0.15) is 42.6 Å². The van der Waals surface area contributed by atoms with Crippen LogP contribution < -0.4 is 0 Å². The summed E-state index contributed by atoms with van der Waals surface area (Å²) in [5, 5.41) is 0. The average Bonchev–Trinajstić information content (AvgIpc) is 2.38. The first-order valence-corrected chi connectivity index (χ1v) is 6.39. The maximum absolute atomic E-state index is 11.1. The number of rotatable bonds is 2. The van der Waals surface area contributed by atoms with E-state index in [-0.39, 0.29) is 0 Å². The standard InChI is InChI=1S/C16H18O/c1-16(2)12-7-8-14(15(16)9-12)13-6-4-3-5-11(13)10-17/h3-6,8,10,12,15H,7,9H2,1-2H3/t12-,15-/m0/s1. The third-order valence-corrected chi connectivity index (χ3v) is 4.87. The van der Waals surface area contributed by atoms with Crippen molar-refractivity contribution in [2.45, 2.75) is 26.7 Å². The van der Waals surface area contributed by atoms with Crippen LogP contribution >= 0.6 is 0 Å². The highest BCUT2D eigenvalue weighted by Crippen LogP contribution is 2.61. The third kappa shape index (κ3) is 1.41. The Kier molecular flexibility index (Phi) is 2.25. The van der Waals surface area contributed by atoms with Gasteiger partial charge in [0.2, 0.25) is 0 Å². The molecule has 1 saturated carbocycles. The summed E-state index contributed by atoms with van der Waals surface area (Å²) in [6.45, 7) is 4.73. The van der Waals surface area contributed by atoms with Crippen molar-refractivity contribution in [2.24, 2.45) is 17.3 Å². The van der Waals surface area contributed by atoms with Crippen molar-refractivity contribution in [3.05, 3.63) is 41.5 Å². The molecule has 17 heavy (non-hydrogen) atoms. The molecule has 1 heteroatoms. The molecule has 2 atom stereocenters.